The molecule has 0 bridgehead atoms. The Kier molecular flexibility index (Phi) is 45.2. The molecule has 4 aliphatic rings. The Morgan fingerprint density at radius 3 is 0.970 bits per heavy atom. The molecule has 8 aromatic carbocycles. The van der Waals surface area contributed by atoms with Crippen LogP contribution >= 0.6 is 0 Å². The fourth-order valence-electron chi connectivity index (χ4n) is 17.8. The summed E-state index contributed by atoms with van der Waals surface area (Å²) in [7, 11) is 0. The number of hydrogen-bond donors (Lipinski definition) is 7. The summed E-state index contributed by atoms with van der Waals surface area (Å²) in [6.45, 7) is 47.4. The first-order valence-electron chi connectivity index (χ1n) is 47.0. The SMILES string of the molecule is CC(C)C(O)=CC(O)C(C)C.CC(C)CC(O)=CC(O)CC(C)C.CC(O)=CC(C)O.CCc1cccc2nc3c(cc12)CCc1c-3[c-]c(C)cc1C.CCc1cccc2nc3c(cc12)CCc1c-3[c-]c(C)cc1C.CCc1cccc2nc3c(cc12)CCc1c-3[c-]c(C)cc1C.Cc1[c-]c2c(c(C)c1)CCc1cc3c(CC(C)C)cccc3nc1-2.O=C(O)c1ccccn1.[Ir].[Ir].[Ir].[Ir]. The van der Waals surface area contributed by atoms with Crippen LogP contribution in [-0.4, -0.2) is 84.9 Å². The number of benzene rings is 8. The molecule has 0 fully saturated rings. The smallest absolute Gasteiger partial charge is 0.354 e. The van der Waals surface area contributed by atoms with Crippen molar-refractivity contribution in [2.24, 2.45) is 29.6 Å². The number of fused-ring (bicyclic) bond motifs is 16. The van der Waals surface area contributed by atoms with Gasteiger partial charge in [-0.15, -0.1) is 138 Å². The molecular weight excluding hydrogens is 2370 g/mol. The predicted octanol–water partition coefficient (Wildman–Crippen LogP) is 27.1. The third-order valence-electron chi connectivity index (χ3n) is 24.2. The van der Waals surface area contributed by atoms with E-state index in [4.69, 9.17) is 35.3 Å². The standard InChI is InChI=1S/C23H24N.3C21H20N.C11H22O2.C9H18O2.C6H5NO2.C5H10O2.4Ir/c1-14(2)10-17-6-5-7-22-20(17)13-18-8-9-19-16(4)11-15(3)12-21(19)23(18)24-22;3*1-4-15-6-5-7-20-18(15)12-16-8-9-17-14(3)10-13(2)11-19(17)21(16)22-20;1-8(2)5-10(12)7-11(13)6-9(3)4;1-6(2)8(10)5-9(11)7(3)4;8-6(9)5-3-1-2-4-7-5;1-4(6)3-5(2)7;;;;/h5-7,11,13-14H,8-10H2,1-4H3;3*5-7,10,12H,4,8-9H2,1-3H3;7-10,12-13H,5-6H2,1-4H3;5-8,10-11H,1-4H3;1-4H,(H,8,9);3-4,6-7H,1-2H3;;;;/q4*-1;;;;;;;;. The summed E-state index contributed by atoms with van der Waals surface area (Å²) in [5.74, 6) is 1.56. The van der Waals surface area contributed by atoms with Crippen LogP contribution < -0.4 is 0 Å². The van der Waals surface area contributed by atoms with Crippen LogP contribution in [0.15, 0.2) is 181 Å². The van der Waals surface area contributed by atoms with E-state index >= 15 is 0 Å². The Balaban J connectivity index is 0.000000241. The first-order chi connectivity index (χ1) is 61.8. The van der Waals surface area contributed by atoms with Gasteiger partial charge in [-0.25, -0.2) is 9.78 Å². The van der Waals surface area contributed by atoms with Crippen molar-refractivity contribution in [2.45, 2.75) is 267 Å². The molecule has 13 nitrogen and oxygen atoms in total. The second-order valence-electron chi connectivity index (χ2n) is 37.5. The van der Waals surface area contributed by atoms with Crippen molar-refractivity contribution >= 4 is 49.6 Å². The summed E-state index contributed by atoms with van der Waals surface area (Å²) >= 11 is 0. The van der Waals surface area contributed by atoms with Gasteiger partial charge in [-0.05, 0) is 195 Å². The third kappa shape index (κ3) is 30.6. The number of aryl methyl sites for hydroxylation is 15. The van der Waals surface area contributed by atoms with Gasteiger partial charge in [0.2, 0.25) is 0 Å². The van der Waals surface area contributed by atoms with Gasteiger partial charge in [0.1, 0.15) is 5.69 Å². The van der Waals surface area contributed by atoms with E-state index < -0.39 is 24.3 Å². The molecule has 0 spiro atoms. The Hall–Kier alpha value is -8.88. The van der Waals surface area contributed by atoms with Crippen molar-refractivity contribution in [3.63, 3.8) is 0 Å². The Bertz CT molecular complexity index is 5890. The molecule has 0 aliphatic heterocycles. The van der Waals surface area contributed by atoms with Crippen molar-refractivity contribution in [2.75, 3.05) is 0 Å². The zero-order chi connectivity index (χ0) is 94.6. The van der Waals surface area contributed by atoms with Crippen LogP contribution in [0.3, 0.4) is 0 Å². The number of allylic oxidation sites excluding steroid dienone is 3. The minimum absolute atomic E-state index is 0. The van der Waals surface area contributed by atoms with Gasteiger partial charge in [0.15, 0.2) is 0 Å². The molecule has 720 valence electrons. The van der Waals surface area contributed by atoms with Gasteiger partial charge >= 0.3 is 5.97 Å². The van der Waals surface area contributed by atoms with Crippen molar-refractivity contribution < 1.29 is 121 Å². The number of pyridine rings is 5. The van der Waals surface area contributed by atoms with E-state index in [1.165, 1.54) is 186 Å². The molecule has 5 aromatic heterocycles. The Morgan fingerprint density at radius 2 is 0.724 bits per heavy atom. The topological polar surface area (TPSA) is 223 Å². The molecule has 4 radical (unpaired) electrons. The minimum atomic E-state index is -0.990. The maximum atomic E-state index is 10.1. The number of aromatic carboxylic acids is 1. The molecule has 3 unspecified atom stereocenters. The van der Waals surface area contributed by atoms with Crippen molar-refractivity contribution in [3.05, 3.63) is 322 Å². The van der Waals surface area contributed by atoms with Gasteiger partial charge < -0.3 is 35.7 Å². The average Bonchev–Trinajstić information content (AvgIpc) is 0.767. The molecular formula is C117H139Ir4N5O8-4. The number of carboxylic acids is 1. The Morgan fingerprint density at radius 1 is 0.396 bits per heavy atom. The van der Waals surface area contributed by atoms with Gasteiger partial charge in [-0.2, -0.15) is 0 Å². The van der Waals surface area contributed by atoms with Gasteiger partial charge in [0, 0.05) is 121 Å². The van der Waals surface area contributed by atoms with Gasteiger partial charge in [0.05, 0.1) is 57.7 Å². The van der Waals surface area contributed by atoms with Gasteiger partial charge in [-0.3, -0.25) is 19.9 Å². The number of rotatable bonds is 15. The monoisotopic (exact) mass is 2510 g/mol. The normalized spacial score (nSPS) is 13.1. The zero-order valence-electron chi connectivity index (χ0n) is 82.7. The van der Waals surface area contributed by atoms with E-state index in [1.54, 1.807) is 25.1 Å². The van der Waals surface area contributed by atoms with Crippen molar-refractivity contribution in [1.29, 1.82) is 0 Å². The van der Waals surface area contributed by atoms with Gasteiger partial charge in [0.25, 0.3) is 0 Å². The van der Waals surface area contributed by atoms with Crippen LogP contribution in [0.5, 0.6) is 0 Å². The third-order valence-corrected chi connectivity index (χ3v) is 24.2. The van der Waals surface area contributed by atoms with Crippen LogP contribution in [0.2, 0.25) is 0 Å². The summed E-state index contributed by atoms with van der Waals surface area (Å²) in [6.07, 6.45) is 18.7. The molecule has 7 N–H and O–H groups in total. The summed E-state index contributed by atoms with van der Waals surface area (Å²) < 4.78 is 0. The second-order valence-corrected chi connectivity index (χ2v) is 37.5. The zero-order valence-corrected chi connectivity index (χ0v) is 92.3. The number of hydrogen-bond acceptors (Lipinski definition) is 12. The molecule has 4 aliphatic carbocycles. The van der Waals surface area contributed by atoms with Crippen LogP contribution in [0.1, 0.15) is 238 Å². The molecule has 13 aromatic rings. The Labute approximate surface area is 852 Å². The van der Waals surface area contributed by atoms with Crippen LogP contribution in [0, 0.1) is 109 Å². The minimum Gasteiger partial charge on any atom is -0.513 e. The molecule has 3 atom stereocenters. The fourth-order valence-corrected chi connectivity index (χ4v) is 17.8. The number of carbonyl (C=O) groups is 1. The van der Waals surface area contributed by atoms with E-state index in [1.807, 2.05) is 41.5 Å². The first kappa shape index (κ1) is 114. The summed E-state index contributed by atoms with van der Waals surface area (Å²) in [4.78, 5) is 33.8. The number of nitrogens with zero attached hydrogens (tertiary/aromatic N) is 5. The summed E-state index contributed by atoms with van der Waals surface area (Å²) in [5, 5.41) is 67.9. The molecule has 0 saturated heterocycles. The summed E-state index contributed by atoms with van der Waals surface area (Å²) in [5.41, 5.74) is 41.2. The molecule has 17 rings (SSSR count). The maximum Gasteiger partial charge on any atom is 0.354 e. The molecule has 134 heavy (non-hydrogen) atoms. The number of aromatic nitrogens is 5. The largest absolute Gasteiger partial charge is 0.513 e. The number of aliphatic hydroxyl groups excluding tert-OH is 6. The van der Waals surface area contributed by atoms with Gasteiger partial charge in [-0.1, -0.05) is 272 Å². The van der Waals surface area contributed by atoms with E-state index in [2.05, 4.69) is 254 Å². The summed E-state index contributed by atoms with van der Waals surface area (Å²) in [6, 6.07) is 63.4. The van der Waals surface area contributed by atoms with Crippen LogP contribution in [-0.2, 0) is 157 Å². The van der Waals surface area contributed by atoms with E-state index in [0.29, 0.717) is 36.4 Å². The first-order valence-corrected chi connectivity index (χ1v) is 47.0. The quantitative estimate of drug-likeness (QED) is 0.0375. The molecule has 0 saturated carbocycles. The number of aliphatic hydroxyl groups is 6. The predicted molar refractivity (Wildman–Crippen MR) is 540 cm³/mol. The van der Waals surface area contributed by atoms with E-state index in [0.717, 1.165) is 122 Å². The van der Waals surface area contributed by atoms with Crippen molar-refractivity contribution in [1.82, 2.24) is 24.9 Å². The number of carboxylic acid groups (broad SMARTS) is 1. The second kappa shape index (κ2) is 53.2. The average molecular weight is 2510 g/mol. The van der Waals surface area contributed by atoms with Crippen molar-refractivity contribution in [3.8, 4) is 45.0 Å². The maximum absolute atomic E-state index is 10.1. The fraction of sp³-hybridized carbons (Fsp3) is 0.385. The van der Waals surface area contributed by atoms with Crippen LogP contribution in [0.4, 0.5) is 0 Å². The molecule has 0 amide bonds. The molecule has 17 heteroatoms. The van der Waals surface area contributed by atoms with Crippen LogP contribution in [0.25, 0.3) is 88.6 Å². The molecule has 5 heterocycles. The van der Waals surface area contributed by atoms with E-state index in [-0.39, 0.29) is 109 Å². The van der Waals surface area contributed by atoms with E-state index in [9.17, 15) is 25.2 Å².